The van der Waals surface area contributed by atoms with Crippen LogP contribution < -0.4 is 0 Å². The maximum Gasteiger partial charge on any atom is 0.314 e. The van der Waals surface area contributed by atoms with Gasteiger partial charge in [0.15, 0.2) is 5.78 Å². The number of esters is 3. The largest absolute Gasteiger partial charge is 0.462 e. The third kappa shape index (κ3) is 8.61. The van der Waals surface area contributed by atoms with Crippen molar-refractivity contribution in [2.45, 2.75) is 175 Å². The Balaban J connectivity index is 1.70. The monoisotopic (exact) mass is 736 g/mol. The second-order valence-corrected chi connectivity index (χ2v) is 17.9. The van der Waals surface area contributed by atoms with Crippen LogP contribution in [-0.4, -0.2) is 64.4 Å². The third-order valence-electron chi connectivity index (χ3n) is 13.2. The topological polar surface area (TPSA) is 125 Å². The van der Waals surface area contributed by atoms with E-state index in [-0.39, 0.29) is 47.9 Å². The van der Waals surface area contributed by atoms with Gasteiger partial charge in [-0.2, -0.15) is 0 Å². The van der Waals surface area contributed by atoms with Gasteiger partial charge in [-0.25, -0.2) is 0 Å². The van der Waals surface area contributed by atoms with E-state index in [1.807, 2.05) is 34.6 Å². The number of fused-ring (bicyclic) bond motifs is 3. The average molecular weight is 737 g/mol. The van der Waals surface area contributed by atoms with E-state index >= 15 is 0 Å². The first-order valence-electron chi connectivity index (χ1n) is 19.9. The molecule has 2 fully saturated rings. The zero-order valence-corrected chi connectivity index (χ0v) is 33.8. The molecule has 3 heterocycles. The highest BCUT2D eigenvalue weighted by Gasteiger charge is 2.66. The van der Waals surface area contributed by atoms with Crippen LogP contribution in [0.25, 0.3) is 0 Å². The van der Waals surface area contributed by atoms with Gasteiger partial charge in [0.2, 0.25) is 0 Å². The van der Waals surface area contributed by atoms with Gasteiger partial charge in [-0.15, -0.1) is 0 Å². The Labute approximate surface area is 317 Å². The van der Waals surface area contributed by atoms with Gasteiger partial charge in [0, 0.05) is 44.4 Å². The van der Waals surface area contributed by atoms with Crippen LogP contribution in [0.2, 0.25) is 0 Å². The van der Waals surface area contributed by atoms with Crippen molar-refractivity contribution in [1.82, 2.24) is 0 Å². The summed E-state index contributed by atoms with van der Waals surface area (Å²) in [5.74, 6) is -2.37. The number of carbonyl (C=O) groups excluding carboxylic acids is 4. The van der Waals surface area contributed by atoms with Gasteiger partial charge in [-0.3, -0.25) is 19.2 Å². The fourth-order valence-corrected chi connectivity index (χ4v) is 10.4. The molecule has 53 heavy (non-hydrogen) atoms. The van der Waals surface area contributed by atoms with E-state index in [4.69, 9.17) is 18.9 Å². The molecule has 5 rings (SSSR count). The molecule has 3 aliphatic heterocycles. The van der Waals surface area contributed by atoms with Crippen LogP contribution in [0.5, 0.6) is 0 Å². The molecule has 9 heteroatoms. The summed E-state index contributed by atoms with van der Waals surface area (Å²) in [5, 5.41) is 12.0. The molecule has 0 radical (unpaired) electrons. The molecule has 2 saturated heterocycles. The minimum absolute atomic E-state index is 0.000361. The van der Waals surface area contributed by atoms with E-state index in [1.54, 1.807) is 6.08 Å². The molecule has 0 amide bonds. The van der Waals surface area contributed by atoms with E-state index < -0.39 is 47.0 Å². The predicted octanol–water partition coefficient (Wildman–Crippen LogP) is 8.23. The molecule has 0 spiro atoms. The fraction of sp³-hybridized carbons (Fsp3) is 0.727. The molecular weight excluding hydrogens is 672 g/mol. The summed E-state index contributed by atoms with van der Waals surface area (Å²) in [7, 11) is 0. The Morgan fingerprint density at radius 3 is 2.26 bits per heavy atom. The molecule has 9 nitrogen and oxygen atoms in total. The van der Waals surface area contributed by atoms with Gasteiger partial charge in [0.05, 0.1) is 17.1 Å². The molecule has 10 atom stereocenters. The summed E-state index contributed by atoms with van der Waals surface area (Å²) >= 11 is 0. The van der Waals surface area contributed by atoms with Gasteiger partial charge in [0.1, 0.15) is 23.9 Å². The van der Waals surface area contributed by atoms with Gasteiger partial charge in [-0.1, -0.05) is 53.9 Å². The first-order valence-corrected chi connectivity index (χ1v) is 19.9. The van der Waals surface area contributed by atoms with Crippen molar-refractivity contribution in [2.75, 3.05) is 0 Å². The highest BCUT2D eigenvalue weighted by molar-refractivity contribution is 5.96. The van der Waals surface area contributed by atoms with Crippen molar-refractivity contribution >= 4 is 23.7 Å². The zero-order chi connectivity index (χ0) is 39.0. The first-order chi connectivity index (χ1) is 24.8. The lowest BCUT2D eigenvalue weighted by Crippen LogP contribution is -2.49. The molecule has 0 aromatic carbocycles. The lowest BCUT2D eigenvalue weighted by atomic mass is 9.53. The van der Waals surface area contributed by atoms with Crippen molar-refractivity contribution in [3.8, 4) is 0 Å². The molecule has 0 aromatic heterocycles. The summed E-state index contributed by atoms with van der Waals surface area (Å²) in [4.78, 5) is 54.2. The smallest absolute Gasteiger partial charge is 0.314 e. The van der Waals surface area contributed by atoms with Crippen LogP contribution in [0, 0.1) is 29.1 Å². The third-order valence-corrected chi connectivity index (χ3v) is 13.2. The summed E-state index contributed by atoms with van der Waals surface area (Å²) in [6.07, 6.45) is 9.77. The minimum Gasteiger partial charge on any atom is -0.462 e. The van der Waals surface area contributed by atoms with E-state index in [0.29, 0.717) is 57.8 Å². The number of allylic oxidation sites excluding steroid dienone is 7. The maximum absolute atomic E-state index is 15.0. The number of rotatable bonds is 3. The molecular formula is C44H64O9. The standard InChI is InChI=1S/C44H64O9/c1-25(2)39-36(50-30(7)45)22-27(4)13-11-12-26(3)20-32(47)24-44-34-21-28(5)14-15-38(51-31(8)46)43(10)19-17-37(53-43)42(9,49)18-16-33(34)29(6)23-35(44)40(39)52-41(44)48/h13,20-21,25,34-40,49H,11-12,14-19,22-24H2,1-10H3/b26-20-,27-13+,28-21+/t34-,35+,36+,37+,38-,39+,40+,42+,43-,44+/m1/s1. The summed E-state index contributed by atoms with van der Waals surface area (Å²) in [5.41, 5.74) is 2.10. The molecule has 1 N–H and O–H groups in total. The van der Waals surface area contributed by atoms with Crippen LogP contribution in [0.1, 0.15) is 140 Å². The van der Waals surface area contributed by atoms with Crippen molar-refractivity contribution < 1.29 is 43.2 Å². The summed E-state index contributed by atoms with van der Waals surface area (Å²) < 4.78 is 25.2. The molecule has 2 aliphatic carbocycles. The lowest BCUT2D eigenvalue weighted by Gasteiger charge is -2.46. The van der Waals surface area contributed by atoms with Crippen LogP contribution in [0.4, 0.5) is 0 Å². The molecule has 4 bridgehead atoms. The van der Waals surface area contributed by atoms with Crippen molar-refractivity contribution in [3.05, 3.63) is 46.1 Å². The quantitative estimate of drug-likeness (QED) is 0.173. The number of hydrogen-bond donors (Lipinski definition) is 1. The van der Waals surface area contributed by atoms with Gasteiger partial charge in [-0.05, 0) is 111 Å². The van der Waals surface area contributed by atoms with E-state index in [1.165, 1.54) is 13.8 Å². The van der Waals surface area contributed by atoms with E-state index in [0.717, 1.165) is 34.3 Å². The van der Waals surface area contributed by atoms with E-state index in [9.17, 15) is 24.3 Å². The van der Waals surface area contributed by atoms with Gasteiger partial charge >= 0.3 is 17.9 Å². The Hall–Kier alpha value is -3.04. The number of carbonyl (C=O) groups is 4. The van der Waals surface area contributed by atoms with Crippen molar-refractivity contribution in [1.29, 1.82) is 0 Å². The highest BCUT2D eigenvalue weighted by atomic mass is 16.6. The SMILES string of the molecule is CC(=O)O[C@H]1C/C(C)=C/CC/C(C)=C\C(=O)C[C@@]23C(=O)O[C@H]([C@H]1C(C)C)[C@@H]2CC(C)=C1CC[C@](C)(O)[C@@H]2CC[C@@](C)(O2)[C@H](OC(C)=O)CC/C(C)=C/[C@H]13. The maximum atomic E-state index is 15.0. The number of ketones is 1. The van der Waals surface area contributed by atoms with Gasteiger partial charge < -0.3 is 24.1 Å². The Morgan fingerprint density at radius 2 is 1.60 bits per heavy atom. The molecule has 0 unspecified atom stereocenters. The Bertz CT molecular complexity index is 1580. The predicted molar refractivity (Wildman–Crippen MR) is 202 cm³/mol. The zero-order valence-electron chi connectivity index (χ0n) is 33.8. The second-order valence-electron chi connectivity index (χ2n) is 17.9. The first kappa shape index (κ1) is 41.1. The fourth-order valence-electron chi connectivity index (χ4n) is 10.4. The second kappa shape index (κ2) is 16.0. The molecule has 0 saturated carbocycles. The normalized spacial score (nSPS) is 41.7. The summed E-state index contributed by atoms with van der Waals surface area (Å²) in [6.45, 7) is 19.0. The van der Waals surface area contributed by atoms with E-state index in [2.05, 4.69) is 32.9 Å². The van der Waals surface area contributed by atoms with Gasteiger partial charge in [0.25, 0.3) is 0 Å². The van der Waals surface area contributed by atoms with Crippen LogP contribution in [0.3, 0.4) is 0 Å². The average Bonchev–Trinajstić information content (AvgIpc) is 3.56. The van der Waals surface area contributed by atoms with Crippen LogP contribution in [-0.2, 0) is 38.1 Å². The van der Waals surface area contributed by atoms with Crippen molar-refractivity contribution in [3.63, 3.8) is 0 Å². The molecule has 294 valence electrons. The molecule has 5 aliphatic rings. The number of aliphatic hydroxyl groups is 1. The number of ether oxygens (including phenoxy) is 4. The van der Waals surface area contributed by atoms with Crippen LogP contribution in [0.15, 0.2) is 46.1 Å². The van der Waals surface area contributed by atoms with Crippen molar-refractivity contribution in [2.24, 2.45) is 29.1 Å². The summed E-state index contributed by atoms with van der Waals surface area (Å²) in [6, 6.07) is 0. The number of hydrogen-bond acceptors (Lipinski definition) is 9. The lowest BCUT2D eigenvalue weighted by molar-refractivity contribution is -0.183. The Morgan fingerprint density at radius 1 is 0.906 bits per heavy atom. The molecule has 0 aromatic rings. The minimum atomic E-state index is -1.21. The highest BCUT2D eigenvalue weighted by Crippen LogP contribution is 2.61. The Kier molecular flexibility index (Phi) is 12.4. The van der Waals surface area contributed by atoms with Crippen LogP contribution >= 0.6 is 0 Å².